The number of carbonyl (C=O) groups excluding carboxylic acids is 3. The lowest BCUT2D eigenvalue weighted by Crippen LogP contribution is -2.68. The Morgan fingerprint density at radius 1 is 1.12 bits per heavy atom. The summed E-state index contributed by atoms with van der Waals surface area (Å²) in [7, 11) is 2.98. The largest absolute Gasteiger partial charge is 0.510 e. The smallest absolute Gasteiger partial charge is 0.255 e. The molecule has 34 heavy (non-hydrogen) atoms. The number of likely N-dealkylation sites (N-methyl/N-ethyl adjacent to an activating group) is 1. The van der Waals surface area contributed by atoms with E-state index in [0.29, 0.717) is 5.56 Å². The van der Waals surface area contributed by atoms with E-state index in [9.17, 15) is 39.9 Å². The van der Waals surface area contributed by atoms with Gasteiger partial charge in [0.1, 0.15) is 22.8 Å². The van der Waals surface area contributed by atoms with Crippen LogP contribution in [0.5, 0.6) is 5.75 Å². The number of fused-ring (bicyclic) bond motifs is 3. The standard InChI is InChI=1S/C22H24N2O8.2ClH/c1-7-8-5-4-6-9(25)11(8)16(26)12-10(7)17(27)14-15(24(2)3)18(28)13(21(23)31)20(30)22(14,32)19(12)29;;/h4-7,10,14-15,17,25,27-29,32H,1-3H3,(H2,23,31);2*1H/t7-,10+,14-,15-,17-,22-;;/m0../s1. The summed E-state index contributed by atoms with van der Waals surface area (Å²) >= 11 is 0. The van der Waals surface area contributed by atoms with E-state index in [1.54, 1.807) is 19.1 Å². The van der Waals surface area contributed by atoms with Gasteiger partial charge < -0.3 is 31.3 Å². The van der Waals surface area contributed by atoms with E-state index in [-0.39, 0.29) is 36.1 Å². The highest BCUT2D eigenvalue weighted by atomic mass is 35.5. The van der Waals surface area contributed by atoms with Crippen LogP contribution < -0.4 is 5.73 Å². The molecule has 0 saturated heterocycles. The Morgan fingerprint density at radius 2 is 1.71 bits per heavy atom. The Labute approximate surface area is 207 Å². The van der Waals surface area contributed by atoms with Gasteiger partial charge in [0.05, 0.1) is 23.6 Å². The van der Waals surface area contributed by atoms with Crippen LogP contribution in [-0.2, 0) is 9.59 Å². The minimum atomic E-state index is -2.89. The molecule has 3 aliphatic rings. The van der Waals surface area contributed by atoms with Gasteiger partial charge in [0, 0.05) is 11.5 Å². The number of carbonyl (C=O) groups is 3. The highest BCUT2D eigenvalue weighted by molar-refractivity contribution is 6.25. The fraction of sp³-hybridized carbons (Fsp3) is 0.409. The van der Waals surface area contributed by atoms with Crippen molar-refractivity contribution in [3.8, 4) is 5.75 Å². The number of phenols is 1. The van der Waals surface area contributed by atoms with Gasteiger partial charge in [-0.1, -0.05) is 19.1 Å². The average Bonchev–Trinajstić information content (AvgIpc) is 2.70. The van der Waals surface area contributed by atoms with Gasteiger partial charge in [-0.15, -0.1) is 24.8 Å². The van der Waals surface area contributed by atoms with E-state index in [4.69, 9.17) is 5.73 Å². The Hall–Kier alpha value is -2.63. The van der Waals surface area contributed by atoms with Gasteiger partial charge in [-0.25, -0.2) is 0 Å². The molecule has 1 amide bonds. The normalized spacial score (nSPS) is 32.4. The highest BCUT2D eigenvalue weighted by Gasteiger charge is 2.67. The van der Waals surface area contributed by atoms with E-state index < -0.39 is 75.6 Å². The summed E-state index contributed by atoms with van der Waals surface area (Å²) in [6.07, 6.45) is -1.59. The highest BCUT2D eigenvalue weighted by Crippen LogP contribution is 2.55. The van der Waals surface area contributed by atoms with Gasteiger partial charge in [-0.2, -0.15) is 0 Å². The summed E-state index contributed by atoms with van der Waals surface area (Å²) in [5.41, 5.74) is 1.36. The minimum Gasteiger partial charge on any atom is -0.510 e. The third-order valence-corrected chi connectivity index (χ3v) is 7.00. The van der Waals surface area contributed by atoms with Crippen LogP contribution in [0.15, 0.2) is 40.9 Å². The molecule has 0 aromatic heterocycles. The lowest BCUT2D eigenvalue weighted by Gasteiger charge is -2.53. The van der Waals surface area contributed by atoms with E-state index in [0.717, 1.165) is 0 Å². The monoisotopic (exact) mass is 516 g/mol. The number of rotatable bonds is 2. The Balaban J connectivity index is 0.00000204. The SMILES string of the molecule is C[C@H]1c2cccc(O)c2C(=O)C2=C(O)[C@]3(O)C(=O)C(C(N)=O)=C(O)[C@@H](N(C)C)[C@H]3[C@@H](O)[C@@H]21.Cl.Cl. The minimum absolute atomic E-state index is 0. The van der Waals surface area contributed by atoms with Gasteiger partial charge in [0.15, 0.2) is 11.4 Å². The molecule has 12 heteroatoms. The predicted molar refractivity (Wildman–Crippen MR) is 124 cm³/mol. The molecule has 0 radical (unpaired) electrons. The van der Waals surface area contributed by atoms with Crippen molar-refractivity contribution >= 4 is 42.3 Å². The Bertz CT molecular complexity index is 1150. The number of nitrogens with zero attached hydrogens (tertiary/aromatic N) is 1. The van der Waals surface area contributed by atoms with E-state index in [1.807, 2.05) is 0 Å². The van der Waals surface area contributed by atoms with Gasteiger partial charge in [0.25, 0.3) is 5.91 Å². The van der Waals surface area contributed by atoms with Crippen molar-refractivity contribution in [3.63, 3.8) is 0 Å². The molecule has 10 nitrogen and oxygen atoms in total. The first-order valence-corrected chi connectivity index (χ1v) is 10.0. The number of halogens is 2. The molecular weight excluding hydrogens is 491 g/mol. The molecule has 3 aliphatic carbocycles. The lowest BCUT2D eigenvalue weighted by atomic mass is 9.55. The number of aliphatic hydroxyl groups is 4. The van der Waals surface area contributed by atoms with Gasteiger partial charge in [-0.05, 0) is 31.6 Å². The predicted octanol–water partition coefficient (Wildman–Crippen LogP) is 0.496. The molecule has 0 fully saturated rings. The molecule has 0 unspecified atom stereocenters. The third-order valence-electron chi connectivity index (χ3n) is 7.00. The molecule has 4 rings (SSSR count). The number of benzene rings is 1. The third kappa shape index (κ3) is 3.24. The fourth-order valence-corrected chi connectivity index (χ4v) is 5.58. The molecular formula is C22H26Cl2N2O8. The first-order valence-electron chi connectivity index (χ1n) is 10.0. The summed E-state index contributed by atoms with van der Waals surface area (Å²) in [6, 6.07) is 3.17. The zero-order valence-corrected chi connectivity index (χ0v) is 20.1. The van der Waals surface area contributed by atoms with Gasteiger partial charge in [-0.3, -0.25) is 19.3 Å². The van der Waals surface area contributed by atoms with E-state index in [2.05, 4.69) is 0 Å². The molecule has 6 atom stereocenters. The van der Waals surface area contributed by atoms with Crippen LogP contribution in [0.2, 0.25) is 0 Å². The number of hydrogen-bond acceptors (Lipinski definition) is 9. The first-order chi connectivity index (χ1) is 14.9. The van der Waals surface area contributed by atoms with Crippen LogP contribution in [0.3, 0.4) is 0 Å². The summed E-state index contributed by atoms with van der Waals surface area (Å²) in [5, 5.41) is 55.0. The maximum atomic E-state index is 13.3. The number of aromatic hydroxyl groups is 1. The first kappa shape index (κ1) is 27.6. The molecule has 1 aromatic carbocycles. The van der Waals surface area contributed by atoms with Crippen LogP contribution in [-0.4, -0.2) is 79.7 Å². The summed E-state index contributed by atoms with van der Waals surface area (Å²) in [5.74, 6) is -8.86. The van der Waals surface area contributed by atoms with Gasteiger partial charge in [0.2, 0.25) is 5.78 Å². The molecule has 0 aliphatic heterocycles. The van der Waals surface area contributed by atoms with Crippen LogP contribution >= 0.6 is 24.8 Å². The van der Waals surface area contributed by atoms with Crippen LogP contribution in [0, 0.1) is 11.8 Å². The summed E-state index contributed by atoms with van der Waals surface area (Å²) in [6.45, 7) is 1.68. The zero-order chi connectivity index (χ0) is 23.9. The van der Waals surface area contributed by atoms with Crippen LogP contribution in [0.25, 0.3) is 0 Å². The average molecular weight is 517 g/mol. The molecule has 0 saturated carbocycles. The van der Waals surface area contributed by atoms with Crippen molar-refractivity contribution in [1.29, 1.82) is 0 Å². The number of primary amides is 1. The second-order valence-corrected chi connectivity index (χ2v) is 8.79. The van der Waals surface area contributed by atoms with Crippen LogP contribution in [0.4, 0.5) is 0 Å². The number of ketones is 2. The molecule has 0 bridgehead atoms. The van der Waals surface area contributed by atoms with Crippen molar-refractivity contribution in [2.75, 3.05) is 14.1 Å². The number of amides is 1. The molecule has 0 heterocycles. The van der Waals surface area contributed by atoms with Crippen molar-refractivity contribution in [2.45, 2.75) is 30.6 Å². The lowest BCUT2D eigenvalue weighted by molar-refractivity contribution is -0.162. The van der Waals surface area contributed by atoms with E-state index in [1.165, 1.54) is 25.1 Å². The van der Waals surface area contributed by atoms with Gasteiger partial charge >= 0.3 is 0 Å². The number of hydrogen-bond donors (Lipinski definition) is 6. The molecule has 1 aromatic rings. The van der Waals surface area contributed by atoms with Crippen LogP contribution in [0.1, 0.15) is 28.8 Å². The second-order valence-electron chi connectivity index (χ2n) is 8.79. The maximum absolute atomic E-state index is 13.3. The summed E-state index contributed by atoms with van der Waals surface area (Å²) in [4.78, 5) is 39.8. The topological polar surface area (TPSA) is 182 Å². The second kappa shape index (κ2) is 8.86. The number of nitrogens with two attached hydrogens (primary N) is 1. The molecule has 186 valence electrons. The van der Waals surface area contributed by atoms with Crippen molar-refractivity contribution < 1.29 is 39.9 Å². The Kier molecular flexibility index (Phi) is 7.20. The van der Waals surface area contributed by atoms with E-state index >= 15 is 0 Å². The molecule has 7 N–H and O–H groups in total. The summed E-state index contributed by atoms with van der Waals surface area (Å²) < 4.78 is 0. The van der Waals surface area contributed by atoms with Crippen molar-refractivity contribution in [1.82, 2.24) is 4.90 Å². The Morgan fingerprint density at radius 3 is 2.24 bits per heavy atom. The fourth-order valence-electron chi connectivity index (χ4n) is 5.58. The maximum Gasteiger partial charge on any atom is 0.255 e. The number of Topliss-reactive ketones (excluding diaryl/α,β-unsaturated/α-hetero) is 2. The zero-order valence-electron chi connectivity index (χ0n) is 18.4. The molecule has 0 spiro atoms. The van der Waals surface area contributed by atoms with Crippen molar-refractivity contribution in [3.05, 3.63) is 52.0 Å². The number of aliphatic hydroxyl groups excluding tert-OH is 3. The van der Waals surface area contributed by atoms with Crippen molar-refractivity contribution in [2.24, 2.45) is 17.6 Å². The number of phenolic OH excluding ortho intramolecular Hbond substituents is 1. The quantitative estimate of drug-likeness (QED) is 0.304.